The van der Waals surface area contributed by atoms with Gasteiger partial charge in [-0.3, -0.25) is 4.99 Å². The number of aliphatic imine (C=N–C) groups is 1. The zero-order chi connectivity index (χ0) is 19.2. The van der Waals surface area contributed by atoms with Crippen LogP contribution < -0.4 is 10.6 Å². The lowest BCUT2D eigenvalue weighted by Crippen LogP contribution is -2.58. The summed E-state index contributed by atoms with van der Waals surface area (Å²) in [7, 11) is 2.93. The fraction of sp³-hybridized carbons (Fsp3) is 0.941. The molecule has 2 saturated heterocycles. The van der Waals surface area contributed by atoms with E-state index in [2.05, 4.69) is 34.6 Å². The average molecular weight is 390 g/mol. The molecule has 9 heteroatoms. The summed E-state index contributed by atoms with van der Waals surface area (Å²) in [5.74, 6) is 0.958. The van der Waals surface area contributed by atoms with E-state index in [4.69, 9.17) is 4.74 Å². The van der Waals surface area contributed by atoms with Crippen molar-refractivity contribution in [3.05, 3.63) is 0 Å². The van der Waals surface area contributed by atoms with E-state index >= 15 is 0 Å². The first-order valence-corrected chi connectivity index (χ1v) is 11.1. The van der Waals surface area contributed by atoms with E-state index < -0.39 is 10.0 Å². The SMILES string of the molecule is CCS(=O)(=O)N1CCC(NC(=NC)NCC2(N(C)C)CCOCC2)CC1. The third-order valence-corrected chi connectivity index (χ3v) is 7.62. The first-order chi connectivity index (χ1) is 12.3. The summed E-state index contributed by atoms with van der Waals surface area (Å²) in [4.78, 5) is 6.64. The molecule has 0 saturated carbocycles. The molecule has 0 aromatic rings. The lowest BCUT2D eigenvalue weighted by molar-refractivity contribution is -0.00504. The second-order valence-corrected chi connectivity index (χ2v) is 9.63. The minimum atomic E-state index is -3.08. The quantitative estimate of drug-likeness (QED) is 0.494. The van der Waals surface area contributed by atoms with Crippen LogP contribution in [0.25, 0.3) is 0 Å². The first kappa shape index (κ1) is 21.4. The molecule has 8 nitrogen and oxygen atoms in total. The molecule has 0 aliphatic carbocycles. The predicted molar refractivity (Wildman–Crippen MR) is 105 cm³/mol. The number of ether oxygens (including phenoxy) is 1. The van der Waals surface area contributed by atoms with Gasteiger partial charge in [-0.2, -0.15) is 0 Å². The monoisotopic (exact) mass is 389 g/mol. The van der Waals surface area contributed by atoms with Crippen molar-refractivity contribution in [2.45, 2.75) is 44.2 Å². The summed E-state index contributed by atoms with van der Waals surface area (Å²) in [5, 5.41) is 6.93. The fourth-order valence-electron chi connectivity index (χ4n) is 3.63. The molecule has 2 N–H and O–H groups in total. The third kappa shape index (κ3) is 5.31. The maximum atomic E-state index is 12.0. The van der Waals surface area contributed by atoms with E-state index in [9.17, 15) is 8.42 Å². The predicted octanol–water partition coefficient (Wildman–Crippen LogP) is 0.0763. The maximum absolute atomic E-state index is 12.0. The van der Waals surface area contributed by atoms with E-state index in [1.165, 1.54) is 0 Å². The van der Waals surface area contributed by atoms with Crippen LogP contribution in [0.1, 0.15) is 32.6 Å². The van der Waals surface area contributed by atoms with Gasteiger partial charge in [-0.15, -0.1) is 0 Å². The molecule has 2 aliphatic rings. The molecule has 26 heavy (non-hydrogen) atoms. The zero-order valence-corrected chi connectivity index (χ0v) is 17.4. The van der Waals surface area contributed by atoms with Gasteiger partial charge in [-0.25, -0.2) is 12.7 Å². The molecule has 152 valence electrons. The van der Waals surface area contributed by atoms with Crippen LogP contribution >= 0.6 is 0 Å². The molecule has 0 unspecified atom stereocenters. The van der Waals surface area contributed by atoms with Crippen LogP contribution in [-0.2, 0) is 14.8 Å². The van der Waals surface area contributed by atoms with Gasteiger partial charge in [-0.1, -0.05) is 0 Å². The maximum Gasteiger partial charge on any atom is 0.213 e. The van der Waals surface area contributed by atoms with Crippen LogP contribution in [0, 0.1) is 0 Å². The molecule has 0 atom stereocenters. The standard InChI is InChI=1S/C17H35N5O3S/c1-5-26(23,24)22-10-6-15(7-11-22)20-16(18-2)19-14-17(21(3)4)8-12-25-13-9-17/h15H,5-14H2,1-4H3,(H2,18,19,20). The number of hydrogen-bond acceptors (Lipinski definition) is 5. The normalized spacial score (nSPS) is 23.2. The first-order valence-electron chi connectivity index (χ1n) is 9.53. The number of sulfonamides is 1. The van der Waals surface area contributed by atoms with Crippen LogP contribution in [0.3, 0.4) is 0 Å². The van der Waals surface area contributed by atoms with E-state index in [0.29, 0.717) is 13.1 Å². The smallest absolute Gasteiger partial charge is 0.213 e. The Labute approximate surface area is 158 Å². The van der Waals surface area contributed by atoms with Gasteiger partial charge in [0.1, 0.15) is 0 Å². The Morgan fingerprint density at radius 2 is 1.88 bits per heavy atom. The number of piperidine rings is 1. The summed E-state index contributed by atoms with van der Waals surface area (Å²) in [5.41, 5.74) is 0.0778. The molecule has 0 aromatic carbocycles. The highest BCUT2D eigenvalue weighted by atomic mass is 32.2. The van der Waals surface area contributed by atoms with Crippen LogP contribution in [0.5, 0.6) is 0 Å². The van der Waals surface area contributed by atoms with Crippen LogP contribution in [0.2, 0.25) is 0 Å². The van der Waals surface area contributed by atoms with Crippen LogP contribution in [0.4, 0.5) is 0 Å². The van der Waals surface area contributed by atoms with E-state index in [1.54, 1.807) is 18.3 Å². The summed E-state index contributed by atoms with van der Waals surface area (Å²) in [6, 6.07) is 0.245. The topological polar surface area (TPSA) is 86.3 Å². The molecule has 0 aromatic heterocycles. The van der Waals surface area contributed by atoms with Gasteiger partial charge < -0.3 is 20.3 Å². The van der Waals surface area contributed by atoms with Crippen molar-refractivity contribution >= 4 is 16.0 Å². The molecule has 0 radical (unpaired) electrons. The number of guanidine groups is 1. The Kier molecular flexibility index (Phi) is 7.69. The highest BCUT2D eigenvalue weighted by Crippen LogP contribution is 2.25. The van der Waals surface area contributed by atoms with E-state index in [1.807, 2.05) is 0 Å². The molecular formula is C17H35N5O3S. The molecule has 2 fully saturated rings. The van der Waals surface area contributed by atoms with E-state index in [0.717, 1.165) is 51.4 Å². The number of likely N-dealkylation sites (N-methyl/N-ethyl adjacent to an activating group) is 1. The van der Waals surface area contributed by atoms with Gasteiger partial charge >= 0.3 is 0 Å². The Bertz CT molecular complexity index is 565. The molecule has 0 amide bonds. The van der Waals surface area contributed by atoms with Crippen molar-refractivity contribution < 1.29 is 13.2 Å². The average Bonchev–Trinajstić information content (AvgIpc) is 2.66. The molecule has 0 bridgehead atoms. The van der Waals surface area contributed by atoms with Gasteiger partial charge in [0, 0.05) is 51.5 Å². The van der Waals surface area contributed by atoms with Crippen molar-refractivity contribution in [2.24, 2.45) is 4.99 Å². The number of hydrogen-bond donors (Lipinski definition) is 2. The molecule has 2 aliphatic heterocycles. The summed E-state index contributed by atoms with van der Waals surface area (Å²) in [6.45, 7) is 5.23. The molecular weight excluding hydrogens is 354 g/mol. The fourth-order valence-corrected chi connectivity index (χ4v) is 4.76. The lowest BCUT2D eigenvalue weighted by Gasteiger charge is -2.43. The highest BCUT2D eigenvalue weighted by Gasteiger charge is 2.35. The van der Waals surface area contributed by atoms with Crippen molar-refractivity contribution in [1.29, 1.82) is 0 Å². The van der Waals surface area contributed by atoms with Crippen LogP contribution in [0.15, 0.2) is 4.99 Å². The zero-order valence-electron chi connectivity index (χ0n) is 16.6. The Morgan fingerprint density at radius 1 is 1.27 bits per heavy atom. The minimum Gasteiger partial charge on any atom is -0.381 e. The third-order valence-electron chi connectivity index (χ3n) is 5.73. The summed E-state index contributed by atoms with van der Waals surface area (Å²) < 4.78 is 31.1. The number of rotatable bonds is 6. The van der Waals surface area contributed by atoms with Gasteiger partial charge in [0.25, 0.3) is 0 Å². The molecule has 0 spiro atoms. The van der Waals surface area contributed by atoms with Gasteiger partial charge in [0.05, 0.1) is 5.75 Å². The van der Waals surface area contributed by atoms with Gasteiger partial charge in [0.2, 0.25) is 10.0 Å². The summed E-state index contributed by atoms with van der Waals surface area (Å²) >= 11 is 0. The lowest BCUT2D eigenvalue weighted by atomic mass is 9.88. The Balaban J connectivity index is 1.85. The summed E-state index contributed by atoms with van der Waals surface area (Å²) in [6.07, 6.45) is 3.59. The van der Waals surface area contributed by atoms with Crippen molar-refractivity contribution in [3.8, 4) is 0 Å². The second-order valence-electron chi connectivity index (χ2n) is 7.38. The van der Waals surface area contributed by atoms with Gasteiger partial charge in [-0.05, 0) is 46.7 Å². The largest absolute Gasteiger partial charge is 0.381 e. The molecule has 2 heterocycles. The Hall–Kier alpha value is -0.900. The van der Waals surface area contributed by atoms with Crippen molar-refractivity contribution in [3.63, 3.8) is 0 Å². The van der Waals surface area contributed by atoms with E-state index in [-0.39, 0.29) is 17.3 Å². The number of nitrogens with one attached hydrogen (secondary N) is 2. The number of nitrogens with zero attached hydrogens (tertiary/aromatic N) is 3. The van der Waals surface area contributed by atoms with Crippen molar-refractivity contribution in [1.82, 2.24) is 19.8 Å². The second kappa shape index (κ2) is 9.34. The highest BCUT2D eigenvalue weighted by molar-refractivity contribution is 7.89. The molecule has 2 rings (SSSR count). The van der Waals surface area contributed by atoms with Crippen molar-refractivity contribution in [2.75, 3.05) is 59.7 Å². The van der Waals surface area contributed by atoms with Gasteiger partial charge in [0.15, 0.2) is 5.96 Å². The van der Waals surface area contributed by atoms with Crippen LogP contribution in [-0.4, -0.2) is 94.9 Å². The minimum absolute atomic E-state index is 0.0778. The Morgan fingerprint density at radius 3 is 2.38 bits per heavy atom.